The van der Waals surface area contributed by atoms with Crippen LogP contribution in [0.25, 0.3) is 11.0 Å². The average molecular weight is 392 g/mol. The van der Waals surface area contributed by atoms with Crippen molar-refractivity contribution in [1.82, 2.24) is 14.9 Å². The lowest BCUT2D eigenvalue weighted by molar-refractivity contribution is -0.116. The van der Waals surface area contributed by atoms with Crippen LogP contribution in [-0.2, 0) is 11.3 Å². The van der Waals surface area contributed by atoms with Crippen LogP contribution in [0, 0.1) is 13.8 Å². The van der Waals surface area contributed by atoms with Crippen molar-refractivity contribution in [3.05, 3.63) is 69.6 Å². The number of carbonyl (C=O) groups is 2. The van der Waals surface area contributed by atoms with Crippen molar-refractivity contribution in [2.75, 3.05) is 11.9 Å². The molecule has 7 nitrogen and oxygen atoms in total. The van der Waals surface area contributed by atoms with Crippen LogP contribution in [0.1, 0.15) is 35.0 Å². The number of hydrogen-bond donors (Lipinski definition) is 2. The lowest BCUT2D eigenvalue weighted by atomic mass is 10.1. The molecule has 0 saturated heterocycles. The number of fused-ring (bicyclic) bond motifs is 1. The van der Waals surface area contributed by atoms with Crippen LogP contribution < -0.4 is 16.1 Å². The lowest BCUT2D eigenvalue weighted by Gasteiger charge is -2.11. The Morgan fingerprint density at radius 3 is 2.66 bits per heavy atom. The minimum Gasteiger partial charge on any atom is -0.351 e. The Bertz CT molecular complexity index is 1130. The summed E-state index contributed by atoms with van der Waals surface area (Å²) in [6, 6.07) is 10.9. The van der Waals surface area contributed by atoms with Crippen molar-refractivity contribution in [2.24, 2.45) is 0 Å². The molecule has 29 heavy (non-hydrogen) atoms. The normalized spacial score (nSPS) is 10.7. The number of carbonyl (C=O) groups excluding carboxylic acids is 2. The number of amides is 2. The first-order valence-corrected chi connectivity index (χ1v) is 9.54. The molecular formula is C22H24N4O3. The zero-order chi connectivity index (χ0) is 21.0. The molecule has 0 fully saturated rings. The van der Waals surface area contributed by atoms with Gasteiger partial charge in [-0.15, -0.1) is 0 Å². The molecule has 0 bridgehead atoms. The van der Waals surface area contributed by atoms with Gasteiger partial charge in [0.05, 0.1) is 5.39 Å². The molecule has 7 heteroatoms. The monoisotopic (exact) mass is 392 g/mol. The fraction of sp³-hybridized carbons (Fsp3) is 0.273. The van der Waals surface area contributed by atoms with E-state index in [1.165, 1.54) is 6.20 Å². The van der Waals surface area contributed by atoms with E-state index in [1.54, 1.807) is 16.7 Å². The molecular weight excluding hydrogens is 368 g/mol. The predicted molar refractivity (Wildman–Crippen MR) is 113 cm³/mol. The minimum absolute atomic E-state index is 0.0455. The molecule has 0 atom stereocenters. The fourth-order valence-electron chi connectivity index (χ4n) is 3.09. The molecule has 1 aromatic carbocycles. The molecule has 0 saturated carbocycles. The van der Waals surface area contributed by atoms with Gasteiger partial charge in [-0.05, 0) is 50.6 Å². The van der Waals surface area contributed by atoms with Crippen molar-refractivity contribution in [3.8, 4) is 0 Å². The third-order valence-electron chi connectivity index (χ3n) is 4.59. The van der Waals surface area contributed by atoms with Gasteiger partial charge >= 0.3 is 0 Å². The molecule has 2 amide bonds. The largest absolute Gasteiger partial charge is 0.351 e. The number of hydrogen-bond acceptors (Lipinski definition) is 4. The second kappa shape index (κ2) is 8.68. The van der Waals surface area contributed by atoms with Gasteiger partial charge < -0.3 is 15.2 Å². The summed E-state index contributed by atoms with van der Waals surface area (Å²) >= 11 is 0. The summed E-state index contributed by atoms with van der Waals surface area (Å²) in [7, 11) is 0. The van der Waals surface area contributed by atoms with Crippen molar-refractivity contribution in [3.63, 3.8) is 0 Å². The van der Waals surface area contributed by atoms with Crippen LogP contribution in [0.3, 0.4) is 0 Å². The summed E-state index contributed by atoms with van der Waals surface area (Å²) in [6.45, 7) is 6.43. The zero-order valence-electron chi connectivity index (χ0n) is 16.8. The first kappa shape index (κ1) is 20.3. The molecule has 0 aliphatic rings. The van der Waals surface area contributed by atoms with Gasteiger partial charge in [-0.25, -0.2) is 4.98 Å². The molecule has 0 radical (unpaired) electrons. The fourth-order valence-corrected chi connectivity index (χ4v) is 3.09. The summed E-state index contributed by atoms with van der Waals surface area (Å²) in [5, 5.41) is 5.86. The summed E-state index contributed by atoms with van der Waals surface area (Å²) < 4.78 is 1.78. The minimum atomic E-state index is -0.497. The lowest BCUT2D eigenvalue weighted by Crippen LogP contribution is -2.32. The standard InChI is InChI=1S/C22H24N4O3/c1-4-26-13-18(20(28)17-9-8-15(3)24-21(17)26)22(29)23-11-10-19(27)25-16-7-5-6-14(2)12-16/h5-9,12-13H,4,10-11H2,1-3H3,(H,23,29)(H,25,27). The third kappa shape index (κ3) is 4.68. The second-order valence-corrected chi connectivity index (χ2v) is 6.91. The van der Waals surface area contributed by atoms with Crippen LogP contribution >= 0.6 is 0 Å². The number of nitrogens with one attached hydrogen (secondary N) is 2. The SMILES string of the molecule is CCn1cc(C(=O)NCCC(=O)Nc2cccc(C)c2)c(=O)c2ccc(C)nc21. The maximum absolute atomic E-state index is 12.7. The molecule has 2 heterocycles. The van der Waals surface area contributed by atoms with Crippen LogP contribution in [-0.4, -0.2) is 27.9 Å². The molecule has 2 aromatic heterocycles. The predicted octanol–water partition coefficient (Wildman–Crippen LogP) is 2.79. The Labute approximate surface area is 168 Å². The Hall–Kier alpha value is -3.48. The number of aryl methyl sites for hydroxylation is 3. The highest BCUT2D eigenvalue weighted by Crippen LogP contribution is 2.11. The zero-order valence-corrected chi connectivity index (χ0v) is 16.8. The van der Waals surface area contributed by atoms with E-state index in [4.69, 9.17) is 0 Å². The smallest absolute Gasteiger partial charge is 0.256 e. The van der Waals surface area contributed by atoms with E-state index in [2.05, 4.69) is 15.6 Å². The summed E-state index contributed by atoms with van der Waals surface area (Å²) in [5.41, 5.74) is 2.80. The van der Waals surface area contributed by atoms with Crippen molar-refractivity contribution >= 4 is 28.5 Å². The van der Waals surface area contributed by atoms with E-state index in [9.17, 15) is 14.4 Å². The Balaban J connectivity index is 1.68. The van der Waals surface area contributed by atoms with Crippen molar-refractivity contribution < 1.29 is 9.59 Å². The number of nitrogens with zero attached hydrogens (tertiary/aromatic N) is 2. The van der Waals surface area contributed by atoms with Gasteiger partial charge in [-0.1, -0.05) is 12.1 Å². The van der Waals surface area contributed by atoms with Crippen LogP contribution in [0.5, 0.6) is 0 Å². The van der Waals surface area contributed by atoms with Crippen LogP contribution in [0.15, 0.2) is 47.4 Å². The number of anilines is 1. The second-order valence-electron chi connectivity index (χ2n) is 6.91. The topological polar surface area (TPSA) is 93.1 Å². The quantitative estimate of drug-likeness (QED) is 0.675. The maximum Gasteiger partial charge on any atom is 0.256 e. The van der Waals surface area contributed by atoms with Crippen molar-refractivity contribution in [2.45, 2.75) is 33.7 Å². The molecule has 150 valence electrons. The molecule has 0 unspecified atom stereocenters. The van der Waals surface area contributed by atoms with E-state index in [1.807, 2.05) is 45.0 Å². The molecule has 2 N–H and O–H groups in total. The van der Waals surface area contributed by atoms with E-state index in [0.29, 0.717) is 23.3 Å². The summed E-state index contributed by atoms with van der Waals surface area (Å²) in [5.74, 6) is -0.705. The molecule has 0 aliphatic carbocycles. The molecule has 0 spiro atoms. The van der Waals surface area contributed by atoms with E-state index >= 15 is 0 Å². The number of aromatic nitrogens is 2. The molecule has 0 aliphatic heterocycles. The highest BCUT2D eigenvalue weighted by molar-refractivity contribution is 5.97. The van der Waals surface area contributed by atoms with Gasteiger partial charge in [0.25, 0.3) is 5.91 Å². The van der Waals surface area contributed by atoms with Gasteiger partial charge in [0.2, 0.25) is 11.3 Å². The van der Waals surface area contributed by atoms with Gasteiger partial charge in [0.15, 0.2) is 0 Å². The van der Waals surface area contributed by atoms with Crippen LogP contribution in [0.2, 0.25) is 0 Å². The maximum atomic E-state index is 12.7. The highest BCUT2D eigenvalue weighted by Gasteiger charge is 2.16. The van der Waals surface area contributed by atoms with Crippen LogP contribution in [0.4, 0.5) is 5.69 Å². The van der Waals surface area contributed by atoms with Crippen molar-refractivity contribution in [1.29, 1.82) is 0 Å². The average Bonchev–Trinajstić information content (AvgIpc) is 2.68. The summed E-state index contributed by atoms with van der Waals surface area (Å²) in [4.78, 5) is 41.8. The first-order chi connectivity index (χ1) is 13.9. The van der Waals surface area contributed by atoms with Gasteiger partial charge in [-0.2, -0.15) is 0 Å². The van der Waals surface area contributed by atoms with E-state index in [-0.39, 0.29) is 29.9 Å². The van der Waals surface area contributed by atoms with Gasteiger partial charge in [0.1, 0.15) is 11.2 Å². The Kier molecular flexibility index (Phi) is 6.07. The van der Waals surface area contributed by atoms with E-state index < -0.39 is 5.91 Å². The number of benzene rings is 1. The highest BCUT2D eigenvalue weighted by atomic mass is 16.2. The first-order valence-electron chi connectivity index (χ1n) is 9.54. The van der Waals surface area contributed by atoms with Gasteiger partial charge in [0, 0.05) is 37.1 Å². The molecule has 3 rings (SSSR count). The van der Waals surface area contributed by atoms with Gasteiger partial charge in [-0.3, -0.25) is 14.4 Å². The van der Waals surface area contributed by atoms with E-state index in [0.717, 1.165) is 11.3 Å². The third-order valence-corrected chi connectivity index (χ3v) is 4.59. The Morgan fingerprint density at radius 1 is 1.14 bits per heavy atom. The molecule has 3 aromatic rings. The summed E-state index contributed by atoms with van der Waals surface area (Å²) in [6.07, 6.45) is 1.63. The Morgan fingerprint density at radius 2 is 1.93 bits per heavy atom. The number of rotatable bonds is 6. The number of pyridine rings is 2.